The highest BCUT2D eigenvalue weighted by Gasteiger charge is 1.98. The number of nitrogens with one attached hydrogen (secondary N) is 1. The largest absolute Gasteiger partial charge is 0.494 e. The monoisotopic (exact) mass is 359 g/mol. The van der Waals surface area contributed by atoms with Gasteiger partial charge in [-0.2, -0.15) is 4.99 Å². The quantitative estimate of drug-likeness (QED) is 0.284. The maximum atomic E-state index is 5.64. The summed E-state index contributed by atoms with van der Waals surface area (Å²) < 4.78 is 5.56. The lowest BCUT2D eigenvalue weighted by Gasteiger charge is -2.08. The van der Waals surface area contributed by atoms with E-state index < -0.39 is 0 Å². The van der Waals surface area contributed by atoms with Crippen LogP contribution in [0.1, 0.15) is 20.3 Å². The van der Waals surface area contributed by atoms with Crippen molar-refractivity contribution in [1.82, 2.24) is 5.48 Å². The van der Waals surface area contributed by atoms with Crippen LogP contribution in [0.5, 0.6) is 5.75 Å². The van der Waals surface area contributed by atoms with Gasteiger partial charge >= 0.3 is 0 Å². The summed E-state index contributed by atoms with van der Waals surface area (Å²) in [7, 11) is 6.81. The van der Waals surface area contributed by atoms with Gasteiger partial charge in [-0.05, 0) is 59.8 Å². The zero-order chi connectivity index (χ0) is 17.1. The number of nitrogens with zero attached hydrogens (tertiary/aromatic N) is 2. The van der Waals surface area contributed by atoms with Crippen molar-refractivity contribution in [3.63, 3.8) is 0 Å². The fourth-order valence-electron chi connectivity index (χ4n) is 1.47. The zero-order valence-electron chi connectivity index (χ0n) is 13.2. The number of guanidine groups is 2. The zero-order valence-corrected chi connectivity index (χ0v) is 14.7. The minimum atomic E-state index is 0.0571. The molecule has 0 amide bonds. The highest BCUT2D eigenvalue weighted by Crippen LogP contribution is 2.24. The first kappa shape index (κ1) is 19.4. The number of nitrogens with two attached hydrogens (primary N) is 2. The summed E-state index contributed by atoms with van der Waals surface area (Å²) in [5, 5.41) is 0. The Balaban J connectivity index is 2.16. The van der Waals surface area contributed by atoms with E-state index in [4.69, 9.17) is 31.7 Å². The van der Waals surface area contributed by atoms with Gasteiger partial charge in [0.15, 0.2) is 0 Å². The van der Waals surface area contributed by atoms with E-state index in [-0.39, 0.29) is 18.0 Å². The lowest BCUT2D eigenvalue weighted by molar-refractivity contribution is 0.0739. The maximum absolute atomic E-state index is 5.64. The molecule has 0 atom stereocenters. The third-order valence-electron chi connectivity index (χ3n) is 2.37. The maximum Gasteiger partial charge on any atom is 0.221 e. The molecule has 0 aliphatic heterocycles. The highest BCUT2D eigenvalue weighted by molar-refractivity contribution is 8.21. The lowest BCUT2D eigenvalue weighted by Crippen LogP contribution is -2.34. The molecule has 0 heterocycles. The van der Waals surface area contributed by atoms with Crippen LogP contribution in [0.25, 0.3) is 0 Å². The van der Waals surface area contributed by atoms with Crippen LogP contribution in [0.2, 0.25) is 0 Å². The van der Waals surface area contributed by atoms with E-state index in [0.29, 0.717) is 19.6 Å². The van der Waals surface area contributed by atoms with Crippen molar-refractivity contribution in [2.24, 2.45) is 21.5 Å². The normalized spacial score (nSPS) is 12.5. The summed E-state index contributed by atoms with van der Waals surface area (Å²) in [5.41, 5.74) is 13.7. The standard InChI is InChI=1S/C14H22ClN5O2S/c1-10(2)18-13(16)19-14(17)20-22-9-3-8-21-11-4-6-12(23-15)7-5-11/h4-7,10H,3,8-9H2,1-2H3,(H5,16,17,18,19,20). The Hall–Kier alpha value is -1.64. The molecule has 0 aromatic heterocycles. The van der Waals surface area contributed by atoms with Crippen LogP contribution in [-0.4, -0.2) is 31.2 Å². The second kappa shape index (κ2) is 11.0. The molecule has 9 heteroatoms. The van der Waals surface area contributed by atoms with Gasteiger partial charge in [0.2, 0.25) is 11.9 Å². The van der Waals surface area contributed by atoms with Gasteiger partial charge in [-0.15, -0.1) is 0 Å². The molecule has 0 unspecified atom stereocenters. The van der Waals surface area contributed by atoms with Gasteiger partial charge in [-0.1, -0.05) is 0 Å². The molecule has 5 N–H and O–H groups in total. The molecule has 0 aliphatic carbocycles. The van der Waals surface area contributed by atoms with Crippen LogP contribution in [0.3, 0.4) is 0 Å². The molecule has 0 saturated carbocycles. The van der Waals surface area contributed by atoms with Crippen LogP contribution in [0, 0.1) is 0 Å². The number of hydrogen-bond donors (Lipinski definition) is 3. The van der Waals surface area contributed by atoms with Crippen molar-refractivity contribution in [3.05, 3.63) is 24.3 Å². The number of hydroxylamine groups is 1. The van der Waals surface area contributed by atoms with Crippen molar-refractivity contribution in [3.8, 4) is 5.75 Å². The Morgan fingerprint density at radius 1 is 1.26 bits per heavy atom. The summed E-state index contributed by atoms with van der Waals surface area (Å²) in [6.07, 6.45) is 0.682. The first-order chi connectivity index (χ1) is 11.0. The second-order valence-corrected chi connectivity index (χ2v) is 5.87. The first-order valence-electron chi connectivity index (χ1n) is 7.08. The Bertz CT molecular complexity index is 522. The molecule has 0 spiro atoms. The average molecular weight is 360 g/mol. The number of ether oxygens (including phenoxy) is 1. The molecule has 0 radical (unpaired) electrons. The van der Waals surface area contributed by atoms with Crippen molar-refractivity contribution in [2.45, 2.75) is 31.2 Å². The van der Waals surface area contributed by atoms with Gasteiger partial charge in [0.25, 0.3) is 0 Å². The van der Waals surface area contributed by atoms with E-state index in [1.165, 1.54) is 11.0 Å². The van der Waals surface area contributed by atoms with E-state index in [9.17, 15) is 0 Å². The molecule has 0 aliphatic rings. The minimum Gasteiger partial charge on any atom is -0.494 e. The van der Waals surface area contributed by atoms with Gasteiger partial charge in [0.1, 0.15) is 5.75 Å². The van der Waals surface area contributed by atoms with Crippen molar-refractivity contribution < 1.29 is 9.57 Å². The predicted molar refractivity (Wildman–Crippen MR) is 95.7 cm³/mol. The number of aliphatic imine (C=N–C) groups is 2. The lowest BCUT2D eigenvalue weighted by atomic mass is 10.3. The Kier molecular flexibility index (Phi) is 9.27. The molecule has 0 saturated heterocycles. The smallest absolute Gasteiger partial charge is 0.221 e. The van der Waals surface area contributed by atoms with Crippen LogP contribution in [0.15, 0.2) is 39.1 Å². The number of hydrogen-bond acceptors (Lipinski definition) is 4. The average Bonchev–Trinajstić information content (AvgIpc) is 2.50. The fourth-order valence-corrected chi connectivity index (χ4v) is 2.02. The van der Waals surface area contributed by atoms with Crippen molar-refractivity contribution >= 4 is 33.6 Å². The van der Waals surface area contributed by atoms with E-state index in [2.05, 4.69) is 15.5 Å². The topological polar surface area (TPSA) is 107 Å². The van der Waals surface area contributed by atoms with Gasteiger partial charge in [-0.25, -0.2) is 10.5 Å². The van der Waals surface area contributed by atoms with Gasteiger partial charge in [-0.3, -0.25) is 4.84 Å². The Morgan fingerprint density at radius 3 is 2.57 bits per heavy atom. The molecule has 0 fully saturated rings. The van der Waals surface area contributed by atoms with Crippen molar-refractivity contribution in [1.29, 1.82) is 0 Å². The van der Waals surface area contributed by atoms with Crippen LogP contribution in [-0.2, 0) is 4.84 Å². The molecule has 1 aromatic carbocycles. The Labute approximate surface area is 144 Å². The van der Waals surface area contributed by atoms with Crippen LogP contribution in [0.4, 0.5) is 0 Å². The Morgan fingerprint density at radius 2 is 1.96 bits per heavy atom. The minimum absolute atomic E-state index is 0.0571. The van der Waals surface area contributed by atoms with E-state index >= 15 is 0 Å². The molecule has 1 rings (SSSR count). The third kappa shape index (κ3) is 9.17. The number of rotatable bonds is 8. The molecule has 128 valence electrons. The predicted octanol–water partition coefficient (Wildman–Crippen LogP) is 2.26. The molecule has 7 nitrogen and oxygen atoms in total. The molecule has 23 heavy (non-hydrogen) atoms. The van der Waals surface area contributed by atoms with E-state index in [1.54, 1.807) is 0 Å². The molecular weight excluding hydrogens is 338 g/mol. The van der Waals surface area contributed by atoms with Gasteiger partial charge in [0, 0.05) is 17.4 Å². The first-order valence-corrected chi connectivity index (χ1v) is 8.72. The molecule has 1 aromatic rings. The van der Waals surface area contributed by atoms with E-state index in [1.807, 2.05) is 38.1 Å². The van der Waals surface area contributed by atoms with Crippen molar-refractivity contribution in [2.75, 3.05) is 13.2 Å². The summed E-state index contributed by atoms with van der Waals surface area (Å²) in [6, 6.07) is 7.58. The van der Waals surface area contributed by atoms with E-state index in [0.717, 1.165) is 10.6 Å². The summed E-state index contributed by atoms with van der Waals surface area (Å²) in [4.78, 5) is 14.0. The summed E-state index contributed by atoms with van der Waals surface area (Å²) >= 11 is 0. The van der Waals surface area contributed by atoms with Gasteiger partial charge in [0.05, 0.1) is 13.2 Å². The summed E-state index contributed by atoms with van der Waals surface area (Å²) in [5.74, 6) is 0.948. The third-order valence-corrected chi connectivity index (χ3v) is 3.36. The van der Waals surface area contributed by atoms with Gasteiger partial charge < -0.3 is 16.2 Å². The fraction of sp³-hybridized carbons (Fsp3) is 0.429. The second-order valence-electron chi connectivity index (χ2n) is 4.78. The SMILES string of the molecule is CC(C)N=C(N)/N=C(\N)NOCCCOc1ccc(SCl)cc1. The van der Waals surface area contributed by atoms with Crippen LogP contribution >= 0.6 is 21.7 Å². The molecule has 0 bridgehead atoms. The summed E-state index contributed by atoms with van der Waals surface area (Å²) in [6.45, 7) is 4.71. The number of benzene rings is 1. The highest BCUT2D eigenvalue weighted by atomic mass is 35.7. The van der Waals surface area contributed by atoms with Crippen LogP contribution < -0.4 is 21.7 Å². The number of halogens is 1. The molecular formula is C14H22ClN5O2S.